The minimum Gasteiger partial charge on any atom is -0.465 e. The van der Waals surface area contributed by atoms with Crippen molar-refractivity contribution in [2.24, 2.45) is 11.8 Å². The summed E-state index contributed by atoms with van der Waals surface area (Å²) in [6, 6.07) is 9.70. The number of carbonyl (C=O) groups excluding carboxylic acids is 2. The van der Waals surface area contributed by atoms with E-state index in [1.807, 2.05) is 44.2 Å². The molecule has 0 N–H and O–H groups in total. The van der Waals surface area contributed by atoms with E-state index in [4.69, 9.17) is 13.8 Å². The summed E-state index contributed by atoms with van der Waals surface area (Å²) in [6.07, 6.45) is 5.08. The van der Waals surface area contributed by atoms with Gasteiger partial charge in [-0.25, -0.2) is 0 Å². The molecule has 1 saturated carbocycles. The molecule has 0 heterocycles. The van der Waals surface area contributed by atoms with Crippen LogP contribution >= 0.6 is 19.4 Å². The molecule has 192 valence electrons. The first-order chi connectivity index (χ1) is 16.3. The fourth-order valence-electron chi connectivity index (χ4n) is 4.52. The molecule has 0 bridgehead atoms. The van der Waals surface area contributed by atoms with E-state index in [0.717, 1.165) is 31.2 Å². The molecular formula is C26H41O6PS. The highest BCUT2D eigenvalue weighted by Crippen LogP contribution is 2.59. The zero-order chi connectivity index (χ0) is 25.1. The van der Waals surface area contributed by atoms with Gasteiger partial charge in [0.05, 0.1) is 25.1 Å². The van der Waals surface area contributed by atoms with Gasteiger partial charge in [0, 0.05) is 11.2 Å². The molecule has 0 amide bonds. The number of esters is 1. The smallest absolute Gasteiger partial charge is 0.346 e. The Kier molecular flexibility index (Phi) is 12.3. The maximum atomic E-state index is 13.9. The second kappa shape index (κ2) is 14.4. The zero-order valence-corrected chi connectivity index (χ0v) is 22.9. The van der Waals surface area contributed by atoms with Crippen molar-refractivity contribution < 1.29 is 27.9 Å². The summed E-state index contributed by atoms with van der Waals surface area (Å²) in [5.41, 5.74) is -0.221. The first-order valence-corrected chi connectivity index (χ1v) is 15.1. The van der Waals surface area contributed by atoms with Gasteiger partial charge in [-0.05, 0) is 45.1 Å². The number of Topliss-reactive ketones (excluding diaryl/α,β-unsaturated/α-hetero) is 1. The van der Waals surface area contributed by atoms with Gasteiger partial charge in [-0.1, -0.05) is 63.4 Å². The van der Waals surface area contributed by atoms with E-state index in [9.17, 15) is 14.2 Å². The number of hydrogen-bond acceptors (Lipinski definition) is 7. The van der Waals surface area contributed by atoms with E-state index in [2.05, 4.69) is 0 Å². The van der Waals surface area contributed by atoms with Crippen LogP contribution in [0.15, 0.2) is 30.3 Å². The molecule has 1 aliphatic rings. The van der Waals surface area contributed by atoms with Crippen LogP contribution < -0.4 is 0 Å². The lowest BCUT2D eigenvalue weighted by Gasteiger charge is -2.35. The summed E-state index contributed by atoms with van der Waals surface area (Å²) in [6.45, 7) is 9.57. The summed E-state index contributed by atoms with van der Waals surface area (Å²) in [5, 5.41) is -0.967. The summed E-state index contributed by atoms with van der Waals surface area (Å²) in [4.78, 5) is 27.0. The van der Waals surface area contributed by atoms with Gasteiger partial charge in [0.1, 0.15) is 0 Å². The largest absolute Gasteiger partial charge is 0.465 e. The molecule has 0 spiro atoms. The van der Waals surface area contributed by atoms with E-state index in [-0.39, 0.29) is 37.4 Å². The van der Waals surface area contributed by atoms with Crippen molar-refractivity contribution in [3.63, 3.8) is 0 Å². The van der Waals surface area contributed by atoms with E-state index in [0.29, 0.717) is 0 Å². The Balaban J connectivity index is 2.51. The lowest BCUT2D eigenvalue weighted by Crippen LogP contribution is -2.39. The minimum absolute atomic E-state index is 0.00546. The van der Waals surface area contributed by atoms with Gasteiger partial charge in [0.15, 0.2) is 11.4 Å². The maximum absolute atomic E-state index is 13.9. The van der Waals surface area contributed by atoms with Crippen LogP contribution in [-0.4, -0.2) is 42.5 Å². The highest BCUT2D eigenvalue weighted by molar-refractivity contribution is 8.01. The number of thioether (sulfide) groups is 1. The van der Waals surface area contributed by atoms with Crippen LogP contribution in [0.4, 0.5) is 0 Å². The molecule has 1 aromatic rings. The third-order valence-electron chi connectivity index (χ3n) is 6.12. The number of rotatable bonds is 14. The van der Waals surface area contributed by atoms with E-state index in [1.54, 1.807) is 20.8 Å². The Morgan fingerprint density at radius 1 is 0.971 bits per heavy atom. The van der Waals surface area contributed by atoms with Crippen molar-refractivity contribution in [1.82, 2.24) is 0 Å². The van der Waals surface area contributed by atoms with Crippen molar-refractivity contribution in [3.8, 4) is 0 Å². The highest BCUT2D eigenvalue weighted by atomic mass is 32.2. The number of carbonyl (C=O) groups is 2. The Bertz CT molecular complexity index is 799. The highest BCUT2D eigenvalue weighted by Gasteiger charge is 2.50. The third-order valence-corrected chi connectivity index (χ3v) is 10.7. The molecule has 0 aromatic heterocycles. The van der Waals surface area contributed by atoms with Crippen molar-refractivity contribution in [3.05, 3.63) is 35.9 Å². The van der Waals surface area contributed by atoms with Crippen LogP contribution in [0, 0.1) is 11.8 Å². The molecule has 0 aliphatic heterocycles. The summed E-state index contributed by atoms with van der Waals surface area (Å²) >= 11 is 1.41. The van der Waals surface area contributed by atoms with Crippen LogP contribution in [0.1, 0.15) is 77.5 Å². The molecule has 0 saturated heterocycles. The van der Waals surface area contributed by atoms with Gasteiger partial charge < -0.3 is 13.8 Å². The third kappa shape index (κ3) is 7.68. The Hall–Kier alpha value is -1.14. The van der Waals surface area contributed by atoms with Crippen LogP contribution in [0.25, 0.3) is 0 Å². The predicted octanol–water partition coefficient (Wildman–Crippen LogP) is 6.83. The fraction of sp³-hybridized carbons (Fsp3) is 0.692. The SMILES string of the molecule is CCOC(=O)C(C(SC(C(=O)C1CCCCC1)c1ccccc1)C(C)C)P(=O)(OCC)OCC. The fourth-order valence-corrected chi connectivity index (χ4v) is 8.86. The standard InChI is InChI=1S/C26H41O6PS/c1-6-30-26(28)23(33(29,31-7-2)32-8-3)24(19(4)5)34-25(21-17-13-10-14-18-21)22(27)20-15-11-9-12-16-20/h10,13-14,17-20,23-25H,6-9,11-12,15-16H2,1-5H3. The molecule has 8 heteroatoms. The van der Waals surface area contributed by atoms with Crippen LogP contribution in [0.3, 0.4) is 0 Å². The molecule has 0 radical (unpaired) electrons. The molecule has 6 nitrogen and oxygen atoms in total. The molecule has 3 atom stereocenters. The molecule has 1 fully saturated rings. The second-order valence-corrected chi connectivity index (χ2v) is 12.4. The number of ketones is 1. The Labute approximate surface area is 209 Å². The first kappa shape index (κ1) is 29.1. The quantitative estimate of drug-likeness (QED) is 0.200. The van der Waals surface area contributed by atoms with Gasteiger partial charge >= 0.3 is 13.6 Å². The van der Waals surface area contributed by atoms with Crippen LogP contribution in [0.5, 0.6) is 0 Å². The Morgan fingerprint density at radius 3 is 2.06 bits per heavy atom. The summed E-state index contributed by atoms with van der Waals surface area (Å²) in [7, 11) is -3.84. The van der Waals surface area contributed by atoms with Gasteiger partial charge in [-0.15, -0.1) is 11.8 Å². The minimum atomic E-state index is -3.84. The maximum Gasteiger partial charge on any atom is 0.346 e. The molecule has 3 unspecified atom stereocenters. The topological polar surface area (TPSA) is 78.9 Å². The monoisotopic (exact) mass is 512 g/mol. The number of hydrogen-bond donors (Lipinski definition) is 0. The molecule has 1 aromatic carbocycles. The lowest BCUT2D eigenvalue weighted by molar-refractivity contribution is -0.143. The average molecular weight is 513 g/mol. The number of ether oxygens (including phenoxy) is 1. The van der Waals surface area contributed by atoms with Gasteiger partial charge in [0.2, 0.25) is 0 Å². The van der Waals surface area contributed by atoms with E-state index < -0.39 is 29.7 Å². The van der Waals surface area contributed by atoms with Crippen molar-refractivity contribution in [2.75, 3.05) is 19.8 Å². The van der Waals surface area contributed by atoms with Gasteiger partial charge in [0.25, 0.3) is 0 Å². The lowest BCUT2D eigenvalue weighted by atomic mass is 9.84. The average Bonchev–Trinajstić information content (AvgIpc) is 2.82. The van der Waals surface area contributed by atoms with E-state index >= 15 is 0 Å². The van der Waals surface area contributed by atoms with Gasteiger partial charge in [-0.2, -0.15) is 0 Å². The summed E-state index contributed by atoms with van der Waals surface area (Å²) in [5.74, 6) is -0.493. The molecule has 1 aliphatic carbocycles. The van der Waals surface area contributed by atoms with Crippen LogP contribution in [-0.2, 0) is 27.9 Å². The van der Waals surface area contributed by atoms with Crippen LogP contribution in [0.2, 0.25) is 0 Å². The number of benzene rings is 1. The second-order valence-electron chi connectivity index (χ2n) is 8.95. The van der Waals surface area contributed by atoms with Crippen molar-refractivity contribution in [2.45, 2.75) is 82.9 Å². The zero-order valence-electron chi connectivity index (χ0n) is 21.2. The van der Waals surface area contributed by atoms with Gasteiger partial charge in [-0.3, -0.25) is 14.2 Å². The van der Waals surface area contributed by atoms with Crippen molar-refractivity contribution in [1.29, 1.82) is 0 Å². The van der Waals surface area contributed by atoms with Crippen molar-refractivity contribution >= 4 is 31.1 Å². The first-order valence-electron chi connectivity index (χ1n) is 12.6. The Morgan fingerprint density at radius 2 is 1.56 bits per heavy atom. The van der Waals surface area contributed by atoms with E-state index in [1.165, 1.54) is 18.2 Å². The normalized spacial score (nSPS) is 17.8. The molecule has 2 rings (SSSR count). The molecule has 34 heavy (non-hydrogen) atoms. The molecular weight excluding hydrogens is 471 g/mol. The summed E-state index contributed by atoms with van der Waals surface area (Å²) < 4.78 is 30.5. The predicted molar refractivity (Wildman–Crippen MR) is 138 cm³/mol.